The topological polar surface area (TPSA) is 49.3 Å². The van der Waals surface area contributed by atoms with Gasteiger partial charge in [-0.2, -0.15) is 0 Å². The summed E-state index contributed by atoms with van der Waals surface area (Å²) in [5, 5.41) is 13.5. The molecule has 2 rings (SSSR count). The standard InChI is InChI=1S/C18H21NO2S/c1-13(2)22-17-11-7-6-10-15(17)19-18(21)12-16(20)14-8-4-3-5-9-14/h3-11,13,16,20H,12H2,1-2H3,(H,19,21). The van der Waals surface area contributed by atoms with Gasteiger partial charge < -0.3 is 10.4 Å². The van der Waals surface area contributed by atoms with Crippen molar-refractivity contribution < 1.29 is 9.90 Å². The van der Waals surface area contributed by atoms with E-state index in [0.29, 0.717) is 5.25 Å². The second-order valence-electron chi connectivity index (χ2n) is 5.34. The van der Waals surface area contributed by atoms with Gasteiger partial charge in [-0.05, 0) is 17.7 Å². The molecule has 0 aliphatic rings. The Morgan fingerprint density at radius 3 is 2.41 bits per heavy atom. The highest BCUT2D eigenvalue weighted by atomic mass is 32.2. The molecule has 2 aromatic carbocycles. The van der Waals surface area contributed by atoms with Crippen LogP contribution in [0.25, 0.3) is 0 Å². The highest BCUT2D eigenvalue weighted by Gasteiger charge is 2.14. The van der Waals surface area contributed by atoms with E-state index in [0.717, 1.165) is 16.1 Å². The Hall–Kier alpha value is -1.78. The lowest BCUT2D eigenvalue weighted by Gasteiger charge is -2.14. The summed E-state index contributed by atoms with van der Waals surface area (Å²) in [4.78, 5) is 13.2. The van der Waals surface area contributed by atoms with Crippen molar-refractivity contribution in [2.45, 2.75) is 36.5 Å². The molecule has 4 heteroatoms. The molecule has 0 spiro atoms. The minimum atomic E-state index is -0.786. The van der Waals surface area contributed by atoms with E-state index in [4.69, 9.17) is 0 Å². The lowest BCUT2D eigenvalue weighted by molar-refractivity contribution is -0.118. The number of rotatable bonds is 6. The van der Waals surface area contributed by atoms with Crippen LogP contribution in [0.15, 0.2) is 59.5 Å². The number of anilines is 1. The number of amides is 1. The lowest BCUT2D eigenvalue weighted by atomic mass is 10.1. The van der Waals surface area contributed by atoms with Gasteiger partial charge in [-0.1, -0.05) is 56.3 Å². The maximum absolute atomic E-state index is 12.2. The van der Waals surface area contributed by atoms with Crippen LogP contribution in [0.1, 0.15) is 31.9 Å². The average molecular weight is 315 g/mol. The first-order valence-corrected chi connectivity index (χ1v) is 8.23. The van der Waals surface area contributed by atoms with E-state index >= 15 is 0 Å². The quantitative estimate of drug-likeness (QED) is 0.784. The molecule has 1 atom stereocenters. The van der Waals surface area contributed by atoms with E-state index in [1.54, 1.807) is 11.8 Å². The minimum Gasteiger partial charge on any atom is -0.388 e. The summed E-state index contributed by atoms with van der Waals surface area (Å²) in [7, 11) is 0. The summed E-state index contributed by atoms with van der Waals surface area (Å²) in [6.45, 7) is 4.23. The molecule has 0 aliphatic carbocycles. The molecule has 116 valence electrons. The van der Waals surface area contributed by atoms with Crippen LogP contribution in [0.4, 0.5) is 5.69 Å². The molecular weight excluding hydrogens is 294 g/mol. The highest BCUT2D eigenvalue weighted by molar-refractivity contribution is 8.00. The van der Waals surface area contributed by atoms with Gasteiger partial charge in [0.25, 0.3) is 0 Å². The average Bonchev–Trinajstić information content (AvgIpc) is 2.49. The number of thioether (sulfide) groups is 1. The third-order valence-electron chi connectivity index (χ3n) is 3.09. The predicted octanol–water partition coefficient (Wildman–Crippen LogP) is 4.25. The van der Waals surface area contributed by atoms with E-state index in [1.165, 1.54) is 0 Å². The summed E-state index contributed by atoms with van der Waals surface area (Å²) < 4.78 is 0. The number of nitrogens with one attached hydrogen (secondary N) is 1. The second-order valence-corrected chi connectivity index (χ2v) is 6.96. The van der Waals surface area contributed by atoms with Gasteiger partial charge in [-0.25, -0.2) is 0 Å². The predicted molar refractivity (Wildman–Crippen MR) is 92.1 cm³/mol. The van der Waals surface area contributed by atoms with Gasteiger partial charge in [0, 0.05) is 10.1 Å². The Morgan fingerprint density at radius 2 is 1.73 bits per heavy atom. The number of carbonyl (C=O) groups excluding carboxylic acids is 1. The zero-order valence-electron chi connectivity index (χ0n) is 12.8. The molecule has 0 heterocycles. The van der Waals surface area contributed by atoms with Crippen LogP contribution in [0.2, 0.25) is 0 Å². The molecule has 0 saturated carbocycles. The van der Waals surface area contributed by atoms with Crippen LogP contribution in [0.5, 0.6) is 0 Å². The summed E-state index contributed by atoms with van der Waals surface area (Å²) in [6, 6.07) is 17.0. The van der Waals surface area contributed by atoms with Gasteiger partial charge in [0.2, 0.25) is 5.91 Å². The molecule has 2 N–H and O–H groups in total. The molecule has 0 bridgehead atoms. The Labute approximate surface area is 135 Å². The van der Waals surface area contributed by atoms with E-state index in [2.05, 4.69) is 19.2 Å². The van der Waals surface area contributed by atoms with Gasteiger partial charge in [0.15, 0.2) is 0 Å². The molecule has 0 aliphatic heterocycles. The SMILES string of the molecule is CC(C)Sc1ccccc1NC(=O)CC(O)c1ccccc1. The maximum atomic E-state index is 12.2. The number of para-hydroxylation sites is 1. The van der Waals surface area contributed by atoms with Crippen LogP contribution in [0.3, 0.4) is 0 Å². The van der Waals surface area contributed by atoms with Crippen LogP contribution in [-0.2, 0) is 4.79 Å². The minimum absolute atomic E-state index is 0.0463. The van der Waals surface area contributed by atoms with E-state index in [1.807, 2.05) is 54.6 Å². The van der Waals surface area contributed by atoms with Crippen LogP contribution in [-0.4, -0.2) is 16.3 Å². The largest absolute Gasteiger partial charge is 0.388 e. The van der Waals surface area contributed by atoms with E-state index < -0.39 is 6.10 Å². The molecular formula is C18H21NO2S. The molecule has 1 amide bonds. The number of carbonyl (C=O) groups is 1. The Morgan fingerprint density at radius 1 is 1.09 bits per heavy atom. The van der Waals surface area contributed by atoms with Crippen LogP contribution < -0.4 is 5.32 Å². The summed E-state index contributed by atoms with van der Waals surface area (Å²) >= 11 is 1.71. The van der Waals surface area contributed by atoms with Crippen molar-refractivity contribution in [3.05, 3.63) is 60.2 Å². The number of hydrogen-bond donors (Lipinski definition) is 2. The van der Waals surface area contributed by atoms with Crippen molar-refractivity contribution in [1.29, 1.82) is 0 Å². The monoisotopic (exact) mass is 315 g/mol. The first-order chi connectivity index (χ1) is 10.6. The molecule has 1 unspecified atom stereocenters. The number of aliphatic hydroxyl groups is 1. The molecule has 0 aromatic heterocycles. The van der Waals surface area contributed by atoms with Gasteiger partial charge in [-0.3, -0.25) is 4.79 Å². The maximum Gasteiger partial charge on any atom is 0.227 e. The summed E-state index contributed by atoms with van der Waals surface area (Å²) in [5.74, 6) is -0.187. The number of benzene rings is 2. The molecule has 0 radical (unpaired) electrons. The van der Waals surface area contributed by atoms with Crippen LogP contribution in [0, 0.1) is 0 Å². The van der Waals surface area contributed by atoms with Crippen molar-refractivity contribution in [2.24, 2.45) is 0 Å². The Balaban J connectivity index is 2.00. The molecule has 0 fully saturated rings. The molecule has 0 saturated heterocycles. The normalized spacial score (nSPS) is 12.2. The summed E-state index contributed by atoms with van der Waals surface area (Å²) in [5.41, 5.74) is 1.55. The fourth-order valence-corrected chi connectivity index (χ4v) is 3.01. The molecule has 2 aromatic rings. The first-order valence-electron chi connectivity index (χ1n) is 7.35. The van der Waals surface area contributed by atoms with Gasteiger partial charge in [-0.15, -0.1) is 11.8 Å². The van der Waals surface area contributed by atoms with Crippen molar-refractivity contribution in [1.82, 2.24) is 0 Å². The third kappa shape index (κ3) is 4.90. The fraction of sp³-hybridized carbons (Fsp3) is 0.278. The molecule has 22 heavy (non-hydrogen) atoms. The summed E-state index contributed by atoms with van der Waals surface area (Å²) in [6.07, 6.45) is -0.740. The molecule has 3 nitrogen and oxygen atoms in total. The number of hydrogen-bond acceptors (Lipinski definition) is 3. The highest BCUT2D eigenvalue weighted by Crippen LogP contribution is 2.30. The Bertz CT molecular complexity index is 613. The zero-order valence-corrected chi connectivity index (χ0v) is 13.6. The van der Waals surface area contributed by atoms with Crippen molar-refractivity contribution in [3.8, 4) is 0 Å². The van der Waals surface area contributed by atoms with Gasteiger partial charge in [0.1, 0.15) is 0 Å². The van der Waals surface area contributed by atoms with E-state index in [-0.39, 0.29) is 12.3 Å². The Kier molecular flexibility index (Phi) is 6.04. The van der Waals surface area contributed by atoms with Gasteiger partial charge >= 0.3 is 0 Å². The zero-order chi connectivity index (χ0) is 15.9. The van der Waals surface area contributed by atoms with Crippen molar-refractivity contribution in [2.75, 3.05) is 5.32 Å². The van der Waals surface area contributed by atoms with Crippen molar-refractivity contribution in [3.63, 3.8) is 0 Å². The van der Waals surface area contributed by atoms with Gasteiger partial charge in [0.05, 0.1) is 18.2 Å². The first kappa shape index (κ1) is 16.6. The van der Waals surface area contributed by atoms with Crippen molar-refractivity contribution >= 4 is 23.4 Å². The smallest absolute Gasteiger partial charge is 0.227 e. The lowest BCUT2D eigenvalue weighted by Crippen LogP contribution is -2.16. The van der Waals surface area contributed by atoms with E-state index in [9.17, 15) is 9.90 Å². The fourth-order valence-electron chi connectivity index (χ4n) is 2.10. The number of aliphatic hydroxyl groups excluding tert-OH is 1. The third-order valence-corrected chi connectivity index (χ3v) is 4.17. The second kappa shape index (κ2) is 8.01. The van der Waals surface area contributed by atoms with Crippen LogP contribution >= 0.6 is 11.8 Å².